The normalized spacial score (nSPS) is 21.6. The molecule has 5 nitrogen and oxygen atoms in total. The van der Waals surface area contributed by atoms with Crippen molar-refractivity contribution in [2.45, 2.75) is 18.2 Å². The second-order valence-corrected chi connectivity index (χ2v) is 7.21. The highest BCUT2D eigenvalue weighted by molar-refractivity contribution is 8.02. The van der Waals surface area contributed by atoms with E-state index in [-0.39, 0.29) is 24.0 Å². The molecule has 2 aliphatic heterocycles. The molecule has 2 heterocycles. The maximum absolute atomic E-state index is 13.4. The van der Waals surface area contributed by atoms with Crippen LogP contribution in [0.15, 0.2) is 48.5 Å². The summed E-state index contributed by atoms with van der Waals surface area (Å²) in [6.07, 6.45) is 0.172. The van der Waals surface area contributed by atoms with Gasteiger partial charge in [-0.05, 0) is 30.3 Å². The number of benzene rings is 2. The molecule has 2 aromatic rings. The number of fused-ring (bicyclic) bond motifs is 2. The van der Waals surface area contributed by atoms with Gasteiger partial charge in [0.05, 0.1) is 11.4 Å². The Balaban J connectivity index is 1.94. The van der Waals surface area contributed by atoms with Crippen molar-refractivity contribution in [3.8, 4) is 0 Å². The second-order valence-electron chi connectivity index (χ2n) is 6.04. The van der Waals surface area contributed by atoms with Gasteiger partial charge < -0.3 is 0 Å². The van der Waals surface area contributed by atoms with Crippen LogP contribution in [0.4, 0.5) is 15.8 Å². The van der Waals surface area contributed by atoms with Crippen molar-refractivity contribution in [2.75, 3.05) is 15.6 Å². The van der Waals surface area contributed by atoms with Crippen LogP contribution in [0.25, 0.3) is 0 Å². The van der Waals surface area contributed by atoms with Crippen LogP contribution in [-0.2, 0) is 19.3 Å². The Labute approximate surface area is 153 Å². The topological polar surface area (TPSA) is 57.7 Å². The van der Waals surface area contributed by atoms with Crippen LogP contribution in [0.3, 0.4) is 0 Å². The number of carbonyl (C=O) groups excluding carboxylic acids is 3. The number of anilines is 2. The summed E-state index contributed by atoms with van der Waals surface area (Å²) < 4.78 is 13.3. The Hall–Kier alpha value is -2.67. The summed E-state index contributed by atoms with van der Waals surface area (Å²) in [4.78, 5) is 39.7. The lowest BCUT2D eigenvalue weighted by atomic mass is 10.0. The zero-order chi connectivity index (χ0) is 18.5. The Bertz CT molecular complexity index is 931. The molecular formula is C19H15FN2O3S. The number of amides is 3. The predicted molar refractivity (Wildman–Crippen MR) is 97.2 cm³/mol. The van der Waals surface area contributed by atoms with Crippen LogP contribution in [0.1, 0.15) is 18.9 Å². The maximum Gasteiger partial charge on any atom is 0.275 e. The third-order valence-electron chi connectivity index (χ3n) is 4.61. The molecule has 1 spiro atoms. The van der Waals surface area contributed by atoms with Crippen molar-refractivity contribution < 1.29 is 18.8 Å². The number of halogens is 1. The third kappa shape index (κ3) is 2.13. The van der Waals surface area contributed by atoms with Crippen molar-refractivity contribution >= 4 is 40.9 Å². The molecule has 1 fully saturated rings. The first kappa shape index (κ1) is 16.8. The molecule has 0 aliphatic carbocycles. The number of para-hydroxylation sites is 1. The molecule has 0 bridgehead atoms. The van der Waals surface area contributed by atoms with Crippen LogP contribution >= 0.6 is 11.8 Å². The quantitative estimate of drug-likeness (QED) is 0.815. The summed E-state index contributed by atoms with van der Waals surface area (Å²) in [5, 5.41) is 0. The van der Waals surface area contributed by atoms with Gasteiger partial charge in [0.15, 0.2) is 0 Å². The van der Waals surface area contributed by atoms with E-state index in [1.807, 2.05) is 0 Å². The fourth-order valence-corrected chi connectivity index (χ4v) is 4.82. The van der Waals surface area contributed by atoms with Gasteiger partial charge in [-0.1, -0.05) is 25.1 Å². The molecule has 0 radical (unpaired) electrons. The minimum atomic E-state index is -1.34. The number of imide groups is 1. The predicted octanol–water partition coefficient (Wildman–Crippen LogP) is 3.04. The highest BCUT2D eigenvalue weighted by atomic mass is 32.2. The molecule has 7 heteroatoms. The van der Waals surface area contributed by atoms with E-state index in [2.05, 4.69) is 0 Å². The van der Waals surface area contributed by atoms with Crippen molar-refractivity contribution in [3.05, 3.63) is 59.9 Å². The van der Waals surface area contributed by atoms with E-state index in [1.54, 1.807) is 31.2 Å². The van der Waals surface area contributed by atoms with E-state index >= 15 is 0 Å². The van der Waals surface area contributed by atoms with E-state index in [0.717, 1.165) is 4.90 Å². The van der Waals surface area contributed by atoms with Gasteiger partial charge in [0.1, 0.15) is 5.82 Å². The molecular weight excluding hydrogens is 355 g/mol. The largest absolute Gasteiger partial charge is 0.283 e. The summed E-state index contributed by atoms with van der Waals surface area (Å²) in [5.74, 6) is -1.35. The summed E-state index contributed by atoms with van der Waals surface area (Å²) in [7, 11) is 0. The minimum Gasteiger partial charge on any atom is -0.283 e. The summed E-state index contributed by atoms with van der Waals surface area (Å²) in [6.45, 7) is 1.69. The standard InChI is InChI=1S/C19H15FN2O3S/c1-2-16(23)21-15-6-4-3-5-14(15)19(18(21)25)22(17(24)11-26-19)13-9-7-12(20)8-10-13/h3-10H,2,11H2,1H3/t19-/m0/s1. The van der Waals surface area contributed by atoms with Gasteiger partial charge in [-0.3, -0.25) is 19.3 Å². The molecule has 2 aromatic carbocycles. The van der Waals surface area contributed by atoms with E-state index in [4.69, 9.17) is 0 Å². The molecule has 1 atom stereocenters. The lowest BCUT2D eigenvalue weighted by Gasteiger charge is -2.33. The van der Waals surface area contributed by atoms with Crippen molar-refractivity contribution in [1.29, 1.82) is 0 Å². The van der Waals surface area contributed by atoms with Crippen LogP contribution in [-0.4, -0.2) is 23.5 Å². The summed E-state index contributed by atoms with van der Waals surface area (Å²) in [5.41, 5.74) is 1.53. The first-order valence-electron chi connectivity index (χ1n) is 8.20. The molecule has 0 saturated carbocycles. The molecule has 0 N–H and O–H groups in total. The average Bonchev–Trinajstić information content (AvgIpc) is 3.12. The zero-order valence-electron chi connectivity index (χ0n) is 13.9. The van der Waals surface area contributed by atoms with Gasteiger partial charge in [0, 0.05) is 17.7 Å². The van der Waals surface area contributed by atoms with Gasteiger partial charge >= 0.3 is 0 Å². The fourth-order valence-electron chi connectivity index (χ4n) is 3.48. The van der Waals surface area contributed by atoms with Gasteiger partial charge in [-0.15, -0.1) is 11.8 Å². The van der Waals surface area contributed by atoms with Gasteiger partial charge in [0.2, 0.25) is 16.7 Å². The molecule has 0 aromatic heterocycles. The van der Waals surface area contributed by atoms with Crippen molar-refractivity contribution in [2.24, 2.45) is 0 Å². The number of carbonyl (C=O) groups is 3. The molecule has 26 heavy (non-hydrogen) atoms. The van der Waals surface area contributed by atoms with Crippen LogP contribution in [0, 0.1) is 5.82 Å². The number of nitrogens with zero attached hydrogens (tertiary/aromatic N) is 2. The van der Waals surface area contributed by atoms with Gasteiger partial charge in [-0.2, -0.15) is 0 Å². The van der Waals surface area contributed by atoms with Crippen molar-refractivity contribution in [1.82, 2.24) is 0 Å². The van der Waals surface area contributed by atoms with Gasteiger partial charge in [-0.25, -0.2) is 9.29 Å². The first-order chi connectivity index (χ1) is 12.5. The van der Waals surface area contributed by atoms with Crippen LogP contribution in [0.2, 0.25) is 0 Å². The Kier molecular flexibility index (Phi) is 3.84. The molecule has 2 aliphatic rings. The van der Waals surface area contributed by atoms with E-state index < -0.39 is 16.6 Å². The summed E-state index contributed by atoms with van der Waals surface area (Å²) in [6, 6.07) is 12.5. The molecule has 4 rings (SSSR count). The highest BCUT2D eigenvalue weighted by Gasteiger charge is 2.61. The molecule has 0 unspecified atom stereocenters. The maximum atomic E-state index is 13.4. The number of thioether (sulfide) groups is 1. The summed E-state index contributed by atoms with van der Waals surface area (Å²) >= 11 is 1.19. The average molecular weight is 370 g/mol. The number of hydrogen-bond acceptors (Lipinski definition) is 4. The zero-order valence-corrected chi connectivity index (χ0v) is 14.8. The van der Waals surface area contributed by atoms with E-state index in [0.29, 0.717) is 16.9 Å². The highest BCUT2D eigenvalue weighted by Crippen LogP contribution is 2.55. The lowest BCUT2D eigenvalue weighted by Crippen LogP contribution is -2.50. The third-order valence-corrected chi connectivity index (χ3v) is 5.99. The Morgan fingerprint density at radius 2 is 1.85 bits per heavy atom. The monoisotopic (exact) mass is 370 g/mol. The van der Waals surface area contributed by atoms with Crippen molar-refractivity contribution in [3.63, 3.8) is 0 Å². The van der Waals surface area contributed by atoms with E-state index in [1.165, 1.54) is 40.9 Å². The molecule has 132 valence electrons. The molecule has 1 saturated heterocycles. The second kappa shape index (κ2) is 5.95. The minimum absolute atomic E-state index is 0.103. The van der Waals surface area contributed by atoms with Crippen LogP contribution < -0.4 is 9.80 Å². The van der Waals surface area contributed by atoms with Gasteiger partial charge in [0.25, 0.3) is 5.91 Å². The van der Waals surface area contributed by atoms with E-state index in [9.17, 15) is 18.8 Å². The number of hydrogen-bond donors (Lipinski definition) is 0. The fraction of sp³-hybridized carbons (Fsp3) is 0.211. The molecule has 3 amide bonds. The Morgan fingerprint density at radius 3 is 2.54 bits per heavy atom. The first-order valence-corrected chi connectivity index (χ1v) is 9.18. The Morgan fingerprint density at radius 1 is 1.15 bits per heavy atom. The smallest absolute Gasteiger partial charge is 0.275 e. The number of rotatable bonds is 2. The van der Waals surface area contributed by atoms with Crippen LogP contribution in [0.5, 0.6) is 0 Å². The SMILES string of the molecule is CCC(=O)N1C(=O)[C@@]2(SCC(=O)N2c2ccc(F)cc2)c2ccccc21. The lowest BCUT2D eigenvalue weighted by molar-refractivity contribution is -0.128.